The number of piperazine rings is 1. The summed E-state index contributed by atoms with van der Waals surface area (Å²) in [6.07, 6.45) is 2.05. The highest BCUT2D eigenvalue weighted by Crippen LogP contribution is 2.42. The van der Waals surface area contributed by atoms with Crippen molar-refractivity contribution >= 4 is 15.9 Å². The Morgan fingerprint density at radius 1 is 0.971 bits per heavy atom. The molecule has 0 spiro atoms. The van der Waals surface area contributed by atoms with Crippen LogP contribution in [0.1, 0.15) is 36.0 Å². The molecule has 0 atom stereocenters. The lowest BCUT2D eigenvalue weighted by atomic mass is 9.78. The van der Waals surface area contributed by atoms with Gasteiger partial charge in [0, 0.05) is 63.5 Å². The van der Waals surface area contributed by atoms with Crippen LogP contribution in [0.2, 0.25) is 0 Å². The number of hydrogen-bond donors (Lipinski definition) is 1. The van der Waals surface area contributed by atoms with E-state index in [1.54, 1.807) is 0 Å². The fourth-order valence-corrected chi connectivity index (χ4v) is 6.17. The monoisotopic (exact) mass is 514 g/mol. The molecule has 2 aliphatic rings. The van der Waals surface area contributed by atoms with Crippen LogP contribution in [0.5, 0.6) is 0 Å². The van der Waals surface area contributed by atoms with E-state index in [9.17, 15) is 30.8 Å². The van der Waals surface area contributed by atoms with E-state index < -0.39 is 57.4 Å². The molecular formula is C23H26F4N4O3S. The van der Waals surface area contributed by atoms with Crippen molar-refractivity contribution in [2.75, 3.05) is 32.7 Å². The van der Waals surface area contributed by atoms with Gasteiger partial charge in [0.05, 0.1) is 0 Å². The first kappa shape index (κ1) is 25.5. The van der Waals surface area contributed by atoms with Gasteiger partial charge in [-0.25, -0.2) is 26.0 Å². The number of alkyl halides is 2. The molecule has 0 bridgehead atoms. The molecule has 1 N–H and O–H groups in total. The number of carbonyl (C=O) groups excluding carboxylic acids is 1. The van der Waals surface area contributed by atoms with Crippen molar-refractivity contribution in [3.63, 3.8) is 0 Å². The zero-order valence-corrected chi connectivity index (χ0v) is 19.7. The molecule has 7 nitrogen and oxygen atoms in total. The minimum Gasteiger partial charge on any atom is -0.350 e. The Morgan fingerprint density at radius 2 is 1.60 bits per heavy atom. The summed E-state index contributed by atoms with van der Waals surface area (Å²) in [4.78, 5) is 18.4. The Labute approximate surface area is 201 Å². The first-order chi connectivity index (χ1) is 16.5. The molecule has 4 rings (SSSR count). The van der Waals surface area contributed by atoms with Crippen molar-refractivity contribution in [2.45, 2.75) is 42.0 Å². The Hall–Kier alpha value is -2.57. The Balaban J connectivity index is 1.49. The molecule has 0 radical (unpaired) electrons. The van der Waals surface area contributed by atoms with Crippen LogP contribution in [0.3, 0.4) is 0 Å². The number of nitrogens with zero attached hydrogens (tertiary/aromatic N) is 3. The fraction of sp³-hybridized carbons (Fsp3) is 0.478. The normalized spacial score (nSPS) is 20.9. The van der Waals surface area contributed by atoms with Gasteiger partial charge in [-0.3, -0.25) is 14.7 Å². The van der Waals surface area contributed by atoms with Crippen LogP contribution < -0.4 is 5.32 Å². The lowest BCUT2D eigenvalue weighted by Gasteiger charge is -2.50. The first-order valence-corrected chi connectivity index (χ1v) is 12.7. The van der Waals surface area contributed by atoms with Crippen molar-refractivity contribution in [1.82, 2.24) is 19.5 Å². The van der Waals surface area contributed by atoms with Gasteiger partial charge < -0.3 is 5.32 Å². The molecule has 12 heteroatoms. The van der Waals surface area contributed by atoms with E-state index in [0.717, 1.165) is 18.2 Å². The minimum absolute atomic E-state index is 0.0510. The van der Waals surface area contributed by atoms with Crippen LogP contribution in [0.15, 0.2) is 47.6 Å². The number of aromatic nitrogens is 1. The highest BCUT2D eigenvalue weighted by molar-refractivity contribution is 7.89. The number of pyridine rings is 1. The molecule has 190 valence electrons. The van der Waals surface area contributed by atoms with E-state index >= 15 is 0 Å². The highest BCUT2D eigenvalue weighted by atomic mass is 32.2. The first-order valence-electron chi connectivity index (χ1n) is 11.3. The number of sulfonamides is 1. The molecular weight excluding hydrogens is 488 g/mol. The van der Waals surface area contributed by atoms with Crippen molar-refractivity contribution in [3.8, 4) is 0 Å². The third kappa shape index (κ3) is 5.34. The molecule has 0 unspecified atom stereocenters. The Bertz CT molecular complexity index is 1140. The molecule has 2 heterocycles. The highest BCUT2D eigenvalue weighted by Gasteiger charge is 2.48. The largest absolute Gasteiger partial charge is 0.350 e. The summed E-state index contributed by atoms with van der Waals surface area (Å²) in [6, 6.07) is 6.07. The quantitative estimate of drug-likeness (QED) is 0.600. The van der Waals surface area contributed by atoms with Gasteiger partial charge in [0.2, 0.25) is 15.9 Å². The third-order valence-electron chi connectivity index (χ3n) is 6.86. The second-order valence-corrected chi connectivity index (χ2v) is 10.9. The number of halogens is 4. The molecule has 2 fully saturated rings. The van der Waals surface area contributed by atoms with E-state index in [4.69, 9.17) is 0 Å². The van der Waals surface area contributed by atoms with Gasteiger partial charge >= 0.3 is 0 Å². The topological polar surface area (TPSA) is 82.6 Å². The third-order valence-corrected chi connectivity index (χ3v) is 8.74. The standard InChI is InChI=1S/C23H26F4N4O3S/c24-18-4-1-5-19(25)20(18)21(32)29-16-22(6-8-23(26,27)9-7-22)30-11-13-31(14-12-30)35(33,34)17-3-2-10-28-15-17/h1-5,10,15H,6-9,11-14,16H2,(H,29,32). The van der Waals surface area contributed by atoms with E-state index in [2.05, 4.69) is 10.3 Å². The summed E-state index contributed by atoms with van der Waals surface area (Å²) in [6.45, 7) is 0.686. The van der Waals surface area contributed by atoms with Crippen LogP contribution in [0.25, 0.3) is 0 Å². The second kappa shape index (κ2) is 9.82. The van der Waals surface area contributed by atoms with E-state index in [0.29, 0.717) is 0 Å². The van der Waals surface area contributed by atoms with Crippen molar-refractivity contribution in [1.29, 1.82) is 0 Å². The van der Waals surface area contributed by atoms with Crippen LogP contribution in [0, 0.1) is 11.6 Å². The summed E-state index contributed by atoms with van der Waals surface area (Å²) in [5, 5.41) is 2.54. The fourth-order valence-electron chi connectivity index (χ4n) is 4.79. The molecule has 1 aromatic heterocycles. The minimum atomic E-state index is -3.75. The zero-order chi connectivity index (χ0) is 25.3. The number of hydrogen-bond acceptors (Lipinski definition) is 5. The van der Waals surface area contributed by atoms with Crippen LogP contribution in [-0.2, 0) is 10.0 Å². The van der Waals surface area contributed by atoms with E-state index in [-0.39, 0.29) is 50.5 Å². The van der Waals surface area contributed by atoms with Gasteiger partial charge in [-0.15, -0.1) is 0 Å². The lowest BCUT2D eigenvalue weighted by molar-refractivity contribution is -0.0856. The molecule has 1 saturated carbocycles. The van der Waals surface area contributed by atoms with Crippen LogP contribution in [0.4, 0.5) is 17.6 Å². The van der Waals surface area contributed by atoms with Gasteiger partial charge in [0.25, 0.3) is 5.91 Å². The molecule has 1 aliphatic carbocycles. The van der Waals surface area contributed by atoms with Crippen molar-refractivity contribution in [2.24, 2.45) is 0 Å². The summed E-state index contributed by atoms with van der Waals surface area (Å²) < 4.78 is 83.2. The average molecular weight is 515 g/mol. The maximum Gasteiger partial charge on any atom is 0.257 e. The van der Waals surface area contributed by atoms with Gasteiger partial charge in [0.1, 0.15) is 22.1 Å². The molecule has 1 amide bonds. The summed E-state index contributed by atoms with van der Waals surface area (Å²) in [5.74, 6) is -5.83. The SMILES string of the molecule is O=C(NCC1(N2CCN(S(=O)(=O)c3cccnc3)CC2)CCC(F)(F)CC1)c1c(F)cccc1F. The summed E-state index contributed by atoms with van der Waals surface area (Å²) in [5.41, 5.74) is -1.61. The molecule has 1 saturated heterocycles. The number of rotatable bonds is 6. The number of carbonyl (C=O) groups is 1. The van der Waals surface area contributed by atoms with E-state index in [1.165, 1.54) is 28.8 Å². The van der Waals surface area contributed by atoms with E-state index in [1.807, 2.05) is 4.90 Å². The van der Waals surface area contributed by atoms with Gasteiger partial charge in [0.15, 0.2) is 0 Å². The molecule has 35 heavy (non-hydrogen) atoms. The lowest BCUT2D eigenvalue weighted by Crippen LogP contribution is -2.63. The number of nitrogens with one attached hydrogen (secondary N) is 1. The predicted molar refractivity (Wildman–Crippen MR) is 119 cm³/mol. The number of amides is 1. The van der Waals surface area contributed by atoms with Gasteiger partial charge in [-0.2, -0.15) is 4.31 Å². The zero-order valence-electron chi connectivity index (χ0n) is 18.9. The molecule has 2 aromatic rings. The Morgan fingerprint density at radius 3 is 2.17 bits per heavy atom. The summed E-state index contributed by atoms with van der Waals surface area (Å²) >= 11 is 0. The van der Waals surface area contributed by atoms with Gasteiger partial charge in [-0.1, -0.05) is 6.07 Å². The van der Waals surface area contributed by atoms with Crippen molar-refractivity contribution < 1.29 is 30.8 Å². The maximum absolute atomic E-state index is 14.0. The average Bonchev–Trinajstić information content (AvgIpc) is 2.84. The van der Waals surface area contributed by atoms with Crippen LogP contribution >= 0.6 is 0 Å². The smallest absolute Gasteiger partial charge is 0.257 e. The second-order valence-electron chi connectivity index (χ2n) is 8.94. The molecule has 1 aliphatic heterocycles. The molecule has 1 aromatic carbocycles. The summed E-state index contributed by atoms with van der Waals surface area (Å²) in [7, 11) is -3.75. The van der Waals surface area contributed by atoms with Crippen LogP contribution in [-0.4, -0.2) is 72.7 Å². The van der Waals surface area contributed by atoms with Crippen molar-refractivity contribution in [3.05, 3.63) is 59.9 Å². The predicted octanol–water partition coefficient (Wildman–Crippen LogP) is 3.04. The Kier molecular flexibility index (Phi) is 7.16. The van der Waals surface area contributed by atoms with Gasteiger partial charge in [-0.05, 0) is 37.1 Å². The maximum atomic E-state index is 14.0. The number of benzene rings is 1.